The number of imide groups is 1. The molecule has 0 bridgehead atoms. The average Bonchev–Trinajstić information content (AvgIpc) is 3.08. The number of aryl methyl sites for hydroxylation is 2. The van der Waals surface area contributed by atoms with E-state index in [9.17, 15) is 9.59 Å². The molecule has 33 heavy (non-hydrogen) atoms. The van der Waals surface area contributed by atoms with Gasteiger partial charge >= 0.3 is 0 Å². The predicted molar refractivity (Wildman–Crippen MR) is 126 cm³/mol. The third kappa shape index (κ3) is 3.76. The van der Waals surface area contributed by atoms with E-state index >= 15 is 0 Å². The van der Waals surface area contributed by atoms with Gasteiger partial charge in [0.1, 0.15) is 18.9 Å². The SMILES string of the molecule is CCN1CCN(C2=C(c3ccc(C)cc3C)C(=O)N(c3ccc4c(c3)OCCO4)C2=O)CC1. The van der Waals surface area contributed by atoms with Gasteiger partial charge in [-0.1, -0.05) is 30.7 Å². The molecule has 172 valence electrons. The number of carbonyl (C=O) groups is 2. The lowest BCUT2D eigenvalue weighted by Gasteiger charge is -2.36. The summed E-state index contributed by atoms with van der Waals surface area (Å²) in [4.78, 5) is 33.4. The van der Waals surface area contributed by atoms with Crippen molar-refractivity contribution in [3.63, 3.8) is 0 Å². The molecule has 3 aliphatic rings. The highest BCUT2D eigenvalue weighted by Gasteiger charge is 2.43. The molecule has 0 N–H and O–H groups in total. The smallest absolute Gasteiger partial charge is 0.282 e. The topological polar surface area (TPSA) is 62.3 Å². The van der Waals surface area contributed by atoms with Crippen molar-refractivity contribution in [2.45, 2.75) is 20.8 Å². The fourth-order valence-electron chi connectivity index (χ4n) is 4.84. The van der Waals surface area contributed by atoms with Gasteiger partial charge in [0.25, 0.3) is 11.8 Å². The lowest BCUT2D eigenvalue weighted by atomic mass is 9.97. The standard InChI is InChI=1S/C26H29N3O4/c1-4-27-9-11-28(12-10-27)24-23(20-7-5-17(2)15-18(20)3)25(30)29(26(24)31)19-6-8-21-22(16-19)33-14-13-32-21/h5-8,15-16H,4,9-14H2,1-3H3. The molecule has 0 saturated carbocycles. The Morgan fingerprint density at radius 1 is 0.848 bits per heavy atom. The van der Waals surface area contributed by atoms with Gasteiger partial charge in [-0.05, 0) is 43.7 Å². The Hall–Kier alpha value is -3.32. The van der Waals surface area contributed by atoms with Crippen molar-refractivity contribution < 1.29 is 19.1 Å². The molecule has 2 amide bonds. The summed E-state index contributed by atoms with van der Waals surface area (Å²) >= 11 is 0. The van der Waals surface area contributed by atoms with Crippen LogP contribution in [0.25, 0.3) is 5.57 Å². The normalized spacial score (nSPS) is 19.0. The minimum Gasteiger partial charge on any atom is -0.486 e. The van der Waals surface area contributed by atoms with Gasteiger partial charge < -0.3 is 19.3 Å². The summed E-state index contributed by atoms with van der Waals surface area (Å²) in [6.45, 7) is 11.2. The molecule has 0 radical (unpaired) electrons. The number of likely N-dealkylation sites (N-methyl/N-ethyl adjacent to an activating group) is 1. The lowest BCUT2D eigenvalue weighted by Crippen LogP contribution is -2.47. The number of piperazine rings is 1. The summed E-state index contributed by atoms with van der Waals surface area (Å²) in [5, 5.41) is 0. The number of nitrogens with zero attached hydrogens (tertiary/aromatic N) is 3. The van der Waals surface area contributed by atoms with E-state index in [4.69, 9.17) is 9.47 Å². The van der Waals surface area contributed by atoms with E-state index in [2.05, 4.69) is 22.8 Å². The quantitative estimate of drug-likeness (QED) is 0.672. The fourth-order valence-corrected chi connectivity index (χ4v) is 4.84. The third-order valence-electron chi connectivity index (χ3n) is 6.63. The van der Waals surface area contributed by atoms with Crippen LogP contribution < -0.4 is 14.4 Å². The van der Waals surface area contributed by atoms with Crippen molar-refractivity contribution in [2.24, 2.45) is 0 Å². The molecule has 1 saturated heterocycles. The molecular formula is C26H29N3O4. The monoisotopic (exact) mass is 447 g/mol. The van der Waals surface area contributed by atoms with Gasteiger partial charge in [-0.3, -0.25) is 9.59 Å². The van der Waals surface area contributed by atoms with Crippen LogP contribution in [0.15, 0.2) is 42.1 Å². The number of rotatable bonds is 4. The van der Waals surface area contributed by atoms with E-state index in [-0.39, 0.29) is 11.8 Å². The lowest BCUT2D eigenvalue weighted by molar-refractivity contribution is -0.120. The number of carbonyl (C=O) groups excluding carboxylic acids is 2. The molecule has 7 heteroatoms. The third-order valence-corrected chi connectivity index (χ3v) is 6.63. The van der Waals surface area contributed by atoms with Crippen LogP contribution in [0.5, 0.6) is 11.5 Å². The van der Waals surface area contributed by atoms with Gasteiger partial charge in [-0.25, -0.2) is 4.90 Å². The second-order valence-electron chi connectivity index (χ2n) is 8.74. The van der Waals surface area contributed by atoms with Crippen LogP contribution in [0.1, 0.15) is 23.6 Å². The highest BCUT2D eigenvalue weighted by atomic mass is 16.6. The largest absolute Gasteiger partial charge is 0.486 e. The summed E-state index contributed by atoms with van der Waals surface area (Å²) in [6.07, 6.45) is 0. The van der Waals surface area contributed by atoms with Crippen molar-refractivity contribution in [3.05, 3.63) is 58.8 Å². The first kappa shape index (κ1) is 21.5. The highest BCUT2D eigenvalue weighted by molar-refractivity contribution is 6.45. The second kappa shape index (κ2) is 8.56. The van der Waals surface area contributed by atoms with Crippen molar-refractivity contribution in [1.29, 1.82) is 0 Å². The minimum absolute atomic E-state index is 0.281. The summed E-state index contributed by atoms with van der Waals surface area (Å²) < 4.78 is 11.3. The Morgan fingerprint density at radius 2 is 1.58 bits per heavy atom. The summed E-state index contributed by atoms with van der Waals surface area (Å²) in [7, 11) is 0. The number of ether oxygens (including phenoxy) is 2. The molecule has 0 unspecified atom stereocenters. The number of benzene rings is 2. The summed E-state index contributed by atoms with van der Waals surface area (Å²) in [6, 6.07) is 11.2. The van der Waals surface area contributed by atoms with Crippen molar-refractivity contribution in [3.8, 4) is 11.5 Å². The molecule has 3 aliphatic heterocycles. The van der Waals surface area contributed by atoms with Crippen molar-refractivity contribution in [1.82, 2.24) is 9.80 Å². The molecule has 2 aromatic rings. The van der Waals surface area contributed by atoms with E-state index in [1.54, 1.807) is 18.2 Å². The molecule has 0 aromatic heterocycles. The van der Waals surface area contributed by atoms with Gasteiger partial charge in [0, 0.05) is 32.2 Å². The number of fused-ring (bicyclic) bond motifs is 1. The van der Waals surface area contributed by atoms with Gasteiger partial charge in [-0.15, -0.1) is 0 Å². The average molecular weight is 448 g/mol. The molecule has 7 nitrogen and oxygen atoms in total. The van der Waals surface area contributed by atoms with E-state index in [1.807, 2.05) is 26.0 Å². The maximum atomic E-state index is 13.8. The first-order valence-corrected chi connectivity index (χ1v) is 11.6. The second-order valence-corrected chi connectivity index (χ2v) is 8.74. The molecule has 0 spiro atoms. The van der Waals surface area contributed by atoms with Crippen LogP contribution in [0.4, 0.5) is 5.69 Å². The maximum absolute atomic E-state index is 13.8. The Morgan fingerprint density at radius 3 is 2.27 bits per heavy atom. The summed E-state index contributed by atoms with van der Waals surface area (Å²) in [5.41, 5.74) is 4.40. The van der Waals surface area contributed by atoms with E-state index in [1.165, 1.54) is 4.90 Å². The van der Waals surface area contributed by atoms with Gasteiger partial charge in [0.15, 0.2) is 11.5 Å². The summed E-state index contributed by atoms with van der Waals surface area (Å²) in [5.74, 6) is 0.605. The molecule has 1 fully saturated rings. The zero-order valence-electron chi connectivity index (χ0n) is 19.4. The highest BCUT2D eigenvalue weighted by Crippen LogP contribution is 2.40. The van der Waals surface area contributed by atoms with Gasteiger partial charge in [0.05, 0.1) is 11.3 Å². The minimum atomic E-state index is -0.295. The van der Waals surface area contributed by atoms with Crippen LogP contribution in [0, 0.1) is 13.8 Å². The fraction of sp³-hybridized carbons (Fsp3) is 0.385. The molecule has 3 heterocycles. The number of anilines is 1. The van der Waals surface area contributed by atoms with Gasteiger partial charge in [-0.2, -0.15) is 0 Å². The zero-order valence-corrected chi connectivity index (χ0v) is 19.4. The zero-order chi connectivity index (χ0) is 23.1. The Labute approximate surface area is 194 Å². The maximum Gasteiger partial charge on any atom is 0.282 e. The van der Waals surface area contributed by atoms with Crippen LogP contribution in [-0.2, 0) is 9.59 Å². The molecule has 0 atom stereocenters. The number of hydrogen-bond donors (Lipinski definition) is 0. The van der Waals surface area contributed by atoms with Gasteiger partial charge in [0.2, 0.25) is 0 Å². The predicted octanol–water partition coefficient (Wildman–Crippen LogP) is 3.00. The van der Waals surface area contributed by atoms with E-state index in [0.717, 1.165) is 36.3 Å². The van der Waals surface area contributed by atoms with Crippen LogP contribution in [0.2, 0.25) is 0 Å². The van der Waals surface area contributed by atoms with Crippen molar-refractivity contribution in [2.75, 3.05) is 50.8 Å². The van der Waals surface area contributed by atoms with Crippen LogP contribution >= 0.6 is 0 Å². The van der Waals surface area contributed by atoms with Crippen molar-refractivity contribution >= 4 is 23.1 Å². The molecule has 2 aromatic carbocycles. The van der Waals surface area contributed by atoms with Crippen LogP contribution in [-0.4, -0.2) is 67.6 Å². The molecule has 5 rings (SSSR count). The van der Waals surface area contributed by atoms with E-state index < -0.39 is 0 Å². The molecule has 0 aliphatic carbocycles. The van der Waals surface area contributed by atoms with Crippen LogP contribution in [0.3, 0.4) is 0 Å². The Kier molecular flexibility index (Phi) is 5.58. The first-order chi connectivity index (χ1) is 16.0. The number of amides is 2. The Bertz CT molecular complexity index is 1150. The van der Waals surface area contributed by atoms with E-state index in [0.29, 0.717) is 54.8 Å². The number of hydrogen-bond acceptors (Lipinski definition) is 6. The first-order valence-electron chi connectivity index (χ1n) is 11.6. The Balaban J connectivity index is 1.58. The molecular weight excluding hydrogens is 418 g/mol.